The fourth-order valence-electron chi connectivity index (χ4n) is 1.47. The highest BCUT2D eigenvalue weighted by Crippen LogP contribution is 2.42. The summed E-state index contributed by atoms with van der Waals surface area (Å²) in [6, 6.07) is -1.14. The molecule has 0 aliphatic rings. The zero-order valence-corrected chi connectivity index (χ0v) is 13.0. The number of nitrogens with two attached hydrogens (primary N) is 1. The van der Waals surface area contributed by atoms with E-state index in [1.807, 2.05) is 0 Å². The topological polar surface area (TPSA) is 162 Å². The lowest BCUT2D eigenvalue weighted by Crippen LogP contribution is -2.54. The minimum Gasteiger partial charge on any atom is -0.343 e. The lowest BCUT2D eigenvalue weighted by atomic mass is 10.2. The van der Waals surface area contributed by atoms with E-state index < -0.39 is 37.1 Å². The summed E-state index contributed by atoms with van der Waals surface area (Å²) in [6.45, 7) is 1.72. The Morgan fingerprint density at radius 3 is 2.19 bits per heavy atom. The highest BCUT2D eigenvalue weighted by atomic mass is 31.2. The second-order valence-electron chi connectivity index (χ2n) is 4.35. The molecule has 0 bridgehead atoms. The van der Waals surface area contributed by atoms with Crippen LogP contribution < -0.4 is 16.4 Å². The monoisotopic (exact) mass is 324 g/mol. The molecule has 122 valence electrons. The van der Waals surface area contributed by atoms with Gasteiger partial charge in [0.05, 0.1) is 13.1 Å². The molecule has 2 atom stereocenters. The zero-order chi connectivity index (χ0) is 16.8. The van der Waals surface area contributed by atoms with E-state index in [1.54, 1.807) is 0 Å². The summed E-state index contributed by atoms with van der Waals surface area (Å²) in [5.74, 6) is -4.00. The first-order valence-corrected chi connectivity index (χ1v) is 7.79. The minimum absolute atomic E-state index is 0.284. The van der Waals surface area contributed by atoms with Gasteiger partial charge >= 0.3 is 7.60 Å². The van der Waals surface area contributed by atoms with Gasteiger partial charge in [-0.15, -0.1) is 0 Å². The van der Waals surface area contributed by atoms with Gasteiger partial charge in [0.1, 0.15) is 11.8 Å². The zero-order valence-electron chi connectivity index (χ0n) is 12.1. The molecule has 0 aromatic carbocycles. The second kappa shape index (κ2) is 8.20. The second-order valence-corrected chi connectivity index (χ2v) is 6.27. The predicted molar refractivity (Wildman–Crippen MR) is 73.9 cm³/mol. The third kappa shape index (κ3) is 5.90. The van der Waals surface area contributed by atoms with Gasteiger partial charge in [-0.2, -0.15) is 0 Å². The Kier molecular flexibility index (Phi) is 7.69. The van der Waals surface area contributed by atoms with Crippen LogP contribution in [0.15, 0.2) is 0 Å². The van der Waals surface area contributed by atoms with Crippen LogP contribution in [0.3, 0.4) is 0 Å². The maximum absolute atomic E-state index is 12.2. The molecule has 0 spiro atoms. The molecular weight excluding hydrogens is 303 g/mol. The fraction of sp³-hybridized carbons (Fsp3) is 0.700. The van der Waals surface area contributed by atoms with E-state index in [1.165, 1.54) is 14.0 Å². The molecule has 10 nitrogen and oxygen atoms in total. The Bertz CT molecular complexity index is 451. The van der Waals surface area contributed by atoms with E-state index in [0.29, 0.717) is 4.90 Å². The first kappa shape index (κ1) is 19.7. The number of hydrogen-bond donors (Lipinski definition) is 5. The van der Waals surface area contributed by atoms with Gasteiger partial charge in [-0.3, -0.25) is 23.8 Å². The number of rotatable bonds is 7. The molecule has 0 saturated carbocycles. The highest BCUT2D eigenvalue weighted by Gasteiger charge is 2.39. The van der Waals surface area contributed by atoms with E-state index in [2.05, 4.69) is 10.6 Å². The van der Waals surface area contributed by atoms with Gasteiger partial charge in [0.25, 0.3) is 5.91 Å². The molecule has 0 rings (SSSR count). The van der Waals surface area contributed by atoms with Gasteiger partial charge in [0.15, 0.2) is 0 Å². The number of nitrogens with zero attached hydrogens (tertiary/aromatic N) is 1. The van der Waals surface area contributed by atoms with Crippen molar-refractivity contribution in [2.75, 3.05) is 20.1 Å². The Morgan fingerprint density at radius 2 is 1.81 bits per heavy atom. The highest BCUT2D eigenvalue weighted by molar-refractivity contribution is 7.52. The third-order valence-electron chi connectivity index (χ3n) is 2.63. The van der Waals surface area contributed by atoms with Crippen LogP contribution in [-0.4, -0.2) is 64.4 Å². The van der Waals surface area contributed by atoms with Crippen molar-refractivity contribution in [1.29, 1.82) is 0 Å². The maximum Gasteiger partial charge on any atom is 0.348 e. The van der Waals surface area contributed by atoms with Crippen LogP contribution in [0.2, 0.25) is 0 Å². The first-order valence-electron chi connectivity index (χ1n) is 6.11. The van der Waals surface area contributed by atoms with Gasteiger partial charge in [0.2, 0.25) is 11.8 Å². The molecule has 0 fully saturated rings. The smallest absolute Gasteiger partial charge is 0.343 e. The normalized spacial score (nSPS) is 14.2. The molecule has 3 amide bonds. The van der Waals surface area contributed by atoms with Gasteiger partial charge in [-0.05, 0) is 20.9 Å². The molecule has 0 saturated heterocycles. The van der Waals surface area contributed by atoms with Gasteiger partial charge in [-0.25, -0.2) is 0 Å². The fourth-order valence-corrected chi connectivity index (χ4v) is 2.02. The summed E-state index contributed by atoms with van der Waals surface area (Å²) < 4.78 is 11.3. The van der Waals surface area contributed by atoms with Crippen molar-refractivity contribution >= 4 is 25.3 Å². The number of nitrogens with one attached hydrogen (secondary N) is 2. The van der Waals surface area contributed by atoms with Crippen LogP contribution in [0.1, 0.15) is 13.8 Å². The van der Waals surface area contributed by atoms with E-state index >= 15 is 0 Å². The molecule has 0 aliphatic carbocycles. The first-order chi connectivity index (χ1) is 9.56. The summed E-state index contributed by atoms with van der Waals surface area (Å²) in [7, 11) is -3.26. The summed E-state index contributed by atoms with van der Waals surface area (Å²) in [6.07, 6.45) is 0. The molecule has 6 N–H and O–H groups in total. The minimum atomic E-state index is -4.71. The lowest BCUT2D eigenvalue weighted by Gasteiger charge is -2.30. The van der Waals surface area contributed by atoms with Gasteiger partial charge < -0.3 is 26.2 Å². The van der Waals surface area contributed by atoms with Crippen LogP contribution in [-0.2, 0) is 18.9 Å². The van der Waals surface area contributed by atoms with Crippen molar-refractivity contribution < 1.29 is 28.7 Å². The molecule has 21 heavy (non-hydrogen) atoms. The standard InChI is InChI=1S/C10H21N4O6P/c1-6(13-8(15)4-11)10(17)14(9(16)5-12-3)7(2)21(18,19)20/h6-7,12H,4-5,11H2,1-3H3,(H,13,15)(H2,18,19,20)/t6-,7+/m0/s1. The largest absolute Gasteiger partial charge is 0.348 e. The summed E-state index contributed by atoms with van der Waals surface area (Å²) in [5, 5.41) is 4.73. The third-order valence-corrected chi connectivity index (χ3v) is 3.83. The van der Waals surface area contributed by atoms with E-state index in [0.717, 1.165) is 6.92 Å². The average molecular weight is 324 g/mol. The van der Waals surface area contributed by atoms with Gasteiger partial charge in [-0.1, -0.05) is 0 Å². The quantitative estimate of drug-likeness (QED) is 0.322. The average Bonchev–Trinajstić information content (AvgIpc) is 2.37. The van der Waals surface area contributed by atoms with E-state index in [-0.39, 0.29) is 13.1 Å². The molecule has 0 aliphatic heterocycles. The van der Waals surface area contributed by atoms with Crippen molar-refractivity contribution in [1.82, 2.24) is 15.5 Å². The molecule has 0 heterocycles. The Morgan fingerprint density at radius 1 is 1.29 bits per heavy atom. The van der Waals surface area contributed by atoms with Crippen LogP contribution in [0.5, 0.6) is 0 Å². The molecule has 0 aromatic heterocycles. The Labute approximate surface area is 122 Å². The number of likely N-dealkylation sites (N-methyl/N-ethyl adjacent to an activating group) is 1. The van der Waals surface area contributed by atoms with Crippen molar-refractivity contribution in [3.05, 3.63) is 0 Å². The molecule has 0 aromatic rings. The Hall–Kier alpha value is -1.32. The van der Waals surface area contributed by atoms with Crippen molar-refractivity contribution in [3.63, 3.8) is 0 Å². The van der Waals surface area contributed by atoms with Crippen LogP contribution in [0, 0.1) is 0 Å². The summed E-state index contributed by atoms with van der Waals surface area (Å²) in [4.78, 5) is 54.0. The van der Waals surface area contributed by atoms with Crippen LogP contribution >= 0.6 is 7.60 Å². The van der Waals surface area contributed by atoms with Crippen molar-refractivity contribution in [3.8, 4) is 0 Å². The Balaban J connectivity index is 5.30. The van der Waals surface area contributed by atoms with E-state index in [9.17, 15) is 18.9 Å². The SMILES string of the molecule is CNCC(=O)N(C(=O)[C@H](C)NC(=O)CN)[C@@H](C)P(=O)(O)O. The van der Waals surface area contributed by atoms with Crippen molar-refractivity contribution in [2.24, 2.45) is 5.73 Å². The number of amides is 3. The summed E-state index contributed by atoms with van der Waals surface area (Å²) >= 11 is 0. The predicted octanol–water partition coefficient (Wildman–Crippen LogP) is -2.45. The molecular formula is C10H21N4O6P. The molecule has 0 unspecified atom stereocenters. The lowest BCUT2D eigenvalue weighted by molar-refractivity contribution is -0.147. The maximum atomic E-state index is 12.2. The molecule has 11 heteroatoms. The summed E-state index contributed by atoms with van der Waals surface area (Å²) in [5.41, 5.74) is 5.09. The van der Waals surface area contributed by atoms with Crippen LogP contribution in [0.4, 0.5) is 0 Å². The number of hydrogen-bond acceptors (Lipinski definition) is 6. The van der Waals surface area contributed by atoms with Crippen LogP contribution in [0.25, 0.3) is 0 Å². The molecule has 0 radical (unpaired) electrons. The van der Waals surface area contributed by atoms with Gasteiger partial charge in [0, 0.05) is 0 Å². The number of carbonyl (C=O) groups excluding carboxylic acids is 3. The number of imide groups is 1. The van der Waals surface area contributed by atoms with Crippen molar-refractivity contribution in [2.45, 2.75) is 25.7 Å². The van der Waals surface area contributed by atoms with E-state index in [4.69, 9.17) is 15.5 Å². The number of carbonyl (C=O) groups is 3.